The van der Waals surface area contributed by atoms with Gasteiger partial charge in [-0.05, 0) is 25.3 Å². The van der Waals surface area contributed by atoms with Crippen molar-refractivity contribution >= 4 is 5.71 Å². The highest BCUT2D eigenvalue weighted by molar-refractivity contribution is 5.97. The zero-order chi connectivity index (χ0) is 18.6. The number of aliphatic imine (C=N–C) groups is 1. The van der Waals surface area contributed by atoms with E-state index in [1.54, 1.807) is 14.2 Å². The van der Waals surface area contributed by atoms with E-state index in [0.717, 1.165) is 67.6 Å². The van der Waals surface area contributed by atoms with Crippen molar-refractivity contribution < 1.29 is 9.47 Å². The van der Waals surface area contributed by atoms with Crippen LogP contribution in [0.5, 0.6) is 11.5 Å². The largest absolute Gasteiger partial charge is 0.497 e. The van der Waals surface area contributed by atoms with Gasteiger partial charge < -0.3 is 9.47 Å². The molecule has 0 aliphatic carbocycles. The van der Waals surface area contributed by atoms with E-state index in [1.807, 2.05) is 18.3 Å². The highest BCUT2D eigenvalue weighted by Gasteiger charge is 2.21. The van der Waals surface area contributed by atoms with E-state index in [2.05, 4.69) is 20.9 Å². The number of nitrogens with zero attached hydrogens (tertiary/aromatic N) is 4. The molecule has 0 spiro atoms. The lowest BCUT2D eigenvalue weighted by atomic mass is 10.0. The zero-order valence-corrected chi connectivity index (χ0v) is 16.1. The molecule has 0 N–H and O–H groups in total. The topological polar surface area (TPSA) is 59.8 Å². The van der Waals surface area contributed by atoms with Crippen LogP contribution in [0.3, 0.4) is 0 Å². The Morgan fingerprint density at radius 3 is 2.81 bits per heavy atom. The number of aromatic nitrogens is 2. The van der Waals surface area contributed by atoms with Crippen LogP contribution in [-0.2, 0) is 19.5 Å². The van der Waals surface area contributed by atoms with Gasteiger partial charge in [0.05, 0.1) is 25.6 Å². The molecule has 6 nitrogen and oxygen atoms in total. The standard InChI is InChI=1S/C21H26N4O2/c1-26-17-7-6-15(20(11-17)27-2)13-25-10-8-18-16(14-25)12-23-21(24-18)19-5-3-4-9-22-19/h6-7,11-12H,3-5,8-10,13-14H2,1-2H3. The average molecular weight is 366 g/mol. The lowest BCUT2D eigenvalue weighted by molar-refractivity contribution is 0.239. The van der Waals surface area contributed by atoms with Crippen LogP contribution in [0, 0.1) is 0 Å². The molecular weight excluding hydrogens is 340 g/mol. The van der Waals surface area contributed by atoms with Crippen LogP contribution in [0.25, 0.3) is 0 Å². The molecule has 0 bridgehead atoms. The minimum absolute atomic E-state index is 0.811. The molecule has 2 aromatic rings. The van der Waals surface area contributed by atoms with Gasteiger partial charge in [0.25, 0.3) is 0 Å². The van der Waals surface area contributed by atoms with E-state index in [0.29, 0.717) is 0 Å². The van der Waals surface area contributed by atoms with Gasteiger partial charge in [0, 0.05) is 56.0 Å². The van der Waals surface area contributed by atoms with Crippen molar-refractivity contribution in [3.05, 3.63) is 47.0 Å². The van der Waals surface area contributed by atoms with Crippen LogP contribution < -0.4 is 9.47 Å². The van der Waals surface area contributed by atoms with Crippen LogP contribution >= 0.6 is 0 Å². The molecule has 27 heavy (non-hydrogen) atoms. The first-order valence-corrected chi connectivity index (χ1v) is 9.58. The number of hydrogen-bond donors (Lipinski definition) is 0. The molecule has 3 heterocycles. The molecule has 0 saturated heterocycles. The molecule has 2 aliphatic heterocycles. The van der Waals surface area contributed by atoms with Crippen LogP contribution in [0.1, 0.15) is 41.9 Å². The van der Waals surface area contributed by atoms with Gasteiger partial charge in [0.2, 0.25) is 0 Å². The van der Waals surface area contributed by atoms with E-state index in [4.69, 9.17) is 14.5 Å². The molecule has 0 fully saturated rings. The third kappa shape index (κ3) is 3.95. The average Bonchev–Trinajstić information content (AvgIpc) is 2.74. The van der Waals surface area contributed by atoms with Gasteiger partial charge in [-0.25, -0.2) is 9.97 Å². The van der Waals surface area contributed by atoms with Gasteiger partial charge in [-0.2, -0.15) is 0 Å². The maximum atomic E-state index is 5.54. The summed E-state index contributed by atoms with van der Waals surface area (Å²) >= 11 is 0. The first-order chi connectivity index (χ1) is 13.3. The molecule has 0 amide bonds. The minimum Gasteiger partial charge on any atom is -0.497 e. The summed E-state index contributed by atoms with van der Waals surface area (Å²) in [6.45, 7) is 3.58. The van der Waals surface area contributed by atoms with Crippen LogP contribution in [0.2, 0.25) is 0 Å². The highest BCUT2D eigenvalue weighted by Crippen LogP contribution is 2.27. The second kappa shape index (κ2) is 8.05. The number of methoxy groups -OCH3 is 2. The fourth-order valence-corrected chi connectivity index (χ4v) is 3.75. The SMILES string of the molecule is COc1ccc(CN2CCc3nc(C4=NCCCC4)ncc3C2)c(OC)c1. The van der Waals surface area contributed by atoms with Crippen LogP contribution in [-0.4, -0.2) is 47.9 Å². The third-order valence-electron chi connectivity index (χ3n) is 5.28. The van der Waals surface area contributed by atoms with E-state index in [1.165, 1.54) is 24.1 Å². The molecule has 0 atom stereocenters. The zero-order valence-electron chi connectivity index (χ0n) is 16.1. The van der Waals surface area contributed by atoms with Gasteiger partial charge in [0.1, 0.15) is 11.5 Å². The second-order valence-corrected chi connectivity index (χ2v) is 7.09. The number of ether oxygens (including phenoxy) is 2. The van der Waals surface area contributed by atoms with Crippen molar-refractivity contribution in [2.45, 2.75) is 38.8 Å². The second-order valence-electron chi connectivity index (χ2n) is 7.09. The van der Waals surface area contributed by atoms with Crippen molar-refractivity contribution in [2.75, 3.05) is 27.3 Å². The fraction of sp³-hybridized carbons (Fsp3) is 0.476. The molecule has 6 heteroatoms. The predicted octanol–water partition coefficient (Wildman–Crippen LogP) is 3.03. The van der Waals surface area contributed by atoms with Gasteiger partial charge in [-0.1, -0.05) is 6.07 Å². The lowest BCUT2D eigenvalue weighted by Crippen LogP contribution is -2.31. The number of benzene rings is 1. The molecule has 4 rings (SSSR count). The van der Waals surface area contributed by atoms with Crippen molar-refractivity contribution in [3.8, 4) is 11.5 Å². The van der Waals surface area contributed by atoms with Crippen LogP contribution in [0.4, 0.5) is 0 Å². The molecular formula is C21H26N4O2. The molecule has 0 unspecified atom stereocenters. The van der Waals surface area contributed by atoms with Gasteiger partial charge in [-0.15, -0.1) is 0 Å². The van der Waals surface area contributed by atoms with Gasteiger partial charge in [-0.3, -0.25) is 9.89 Å². The van der Waals surface area contributed by atoms with Gasteiger partial charge in [0.15, 0.2) is 5.82 Å². The van der Waals surface area contributed by atoms with Crippen molar-refractivity contribution in [3.63, 3.8) is 0 Å². The summed E-state index contributed by atoms with van der Waals surface area (Å²) in [6.07, 6.45) is 6.31. The Kier molecular flexibility index (Phi) is 5.34. The maximum Gasteiger partial charge on any atom is 0.173 e. The Morgan fingerprint density at radius 2 is 2.04 bits per heavy atom. The van der Waals surface area contributed by atoms with E-state index < -0.39 is 0 Å². The summed E-state index contributed by atoms with van der Waals surface area (Å²) in [5.41, 5.74) is 4.63. The Hall–Kier alpha value is -2.47. The first-order valence-electron chi connectivity index (χ1n) is 9.58. The van der Waals surface area contributed by atoms with Crippen LogP contribution in [0.15, 0.2) is 29.4 Å². The fourth-order valence-electron chi connectivity index (χ4n) is 3.75. The number of fused-ring (bicyclic) bond motifs is 1. The van der Waals surface area contributed by atoms with E-state index in [-0.39, 0.29) is 0 Å². The number of rotatable bonds is 5. The molecule has 2 aliphatic rings. The van der Waals surface area contributed by atoms with E-state index in [9.17, 15) is 0 Å². The molecule has 1 aromatic heterocycles. The summed E-state index contributed by atoms with van der Waals surface area (Å²) < 4.78 is 10.8. The van der Waals surface area contributed by atoms with Crippen molar-refractivity contribution in [1.82, 2.24) is 14.9 Å². The normalized spacial score (nSPS) is 17.2. The molecule has 0 radical (unpaired) electrons. The summed E-state index contributed by atoms with van der Waals surface area (Å²) in [6, 6.07) is 6.00. The maximum absolute atomic E-state index is 5.54. The van der Waals surface area contributed by atoms with Crippen molar-refractivity contribution in [2.24, 2.45) is 4.99 Å². The van der Waals surface area contributed by atoms with Gasteiger partial charge >= 0.3 is 0 Å². The minimum atomic E-state index is 0.811. The third-order valence-corrected chi connectivity index (χ3v) is 5.28. The lowest BCUT2D eigenvalue weighted by Gasteiger charge is -2.28. The Balaban J connectivity index is 1.48. The predicted molar refractivity (Wildman–Crippen MR) is 105 cm³/mol. The highest BCUT2D eigenvalue weighted by atomic mass is 16.5. The summed E-state index contributed by atoms with van der Waals surface area (Å²) in [7, 11) is 3.37. The Morgan fingerprint density at radius 1 is 1.11 bits per heavy atom. The smallest absolute Gasteiger partial charge is 0.173 e. The Bertz CT molecular complexity index is 850. The monoisotopic (exact) mass is 366 g/mol. The van der Waals surface area contributed by atoms with E-state index >= 15 is 0 Å². The molecule has 142 valence electrons. The summed E-state index contributed by atoms with van der Waals surface area (Å²) in [5, 5.41) is 0. The first kappa shape index (κ1) is 17.9. The summed E-state index contributed by atoms with van der Waals surface area (Å²) in [4.78, 5) is 16.4. The molecule has 0 saturated carbocycles. The quantitative estimate of drug-likeness (QED) is 0.814. The summed E-state index contributed by atoms with van der Waals surface area (Å²) in [5.74, 6) is 2.51. The Labute approximate surface area is 160 Å². The number of hydrogen-bond acceptors (Lipinski definition) is 6. The molecule has 1 aromatic carbocycles. The van der Waals surface area contributed by atoms with Crippen molar-refractivity contribution in [1.29, 1.82) is 0 Å².